The van der Waals surface area contributed by atoms with Crippen molar-refractivity contribution in [1.82, 2.24) is 15.6 Å². The Morgan fingerprint density at radius 2 is 1.73 bits per heavy atom. The molecule has 1 heterocycles. The van der Waals surface area contributed by atoms with Gasteiger partial charge in [0.1, 0.15) is 18.2 Å². The van der Waals surface area contributed by atoms with Gasteiger partial charge >= 0.3 is 0 Å². The molecule has 0 unspecified atom stereocenters. The minimum atomic E-state index is -0.376. The van der Waals surface area contributed by atoms with E-state index in [-0.39, 0.29) is 37.1 Å². The molecule has 0 aliphatic heterocycles. The van der Waals surface area contributed by atoms with Gasteiger partial charge in [-0.2, -0.15) is 0 Å². The summed E-state index contributed by atoms with van der Waals surface area (Å²) in [6.07, 6.45) is 3.50. The summed E-state index contributed by atoms with van der Waals surface area (Å²) in [6, 6.07) is 16.5. The molecule has 0 fully saturated rings. The summed E-state index contributed by atoms with van der Waals surface area (Å²) in [4.78, 5) is 28.3. The Morgan fingerprint density at radius 1 is 0.933 bits per heavy atom. The monoisotopic (exact) mass is 407 g/mol. The predicted molar refractivity (Wildman–Crippen MR) is 110 cm³/mol. The Balaban J connectivity index is 1.40. The molecule has 0 saturated heterocycles. The van der Waals surface area contributed by atoms with E-state index in [1.807, 2.05) is 12.1 Å². The molecule has 3 rings (SSSR count). The SMILES string of the molecule is O=C(Cc1cccc(F)c1)NCCNC(=O)c1cccc(OCc2cccnc2)c1. The minimum absolute atomic E-state index is 0.0853. The number of rotatable bonds is 9. The number of ether oxygens (including phenoxy) is 1. The van der Waals surface area contributed by atoms with Crippen LogP contribution >= 0.6 is 0 Å². The number of carbonyl (C=O) groups excluding carboxylic acids is 2. The fraction of sp³-hybridized carbons (Fsp3) is 0.174. The molecule has 2 aromatic carbocycles. The van der Waals surface area contributed by atoms with E-state index in [0.717, 1.165) is 5.56 Å². The fourth-order valence-electron chi connectivity index (χ4n) is 2.75. The highest BCUT2D eigenvalue weighted by Crippen LogP contribution is 2.15. The highest BCUT2D eigenvalue weighted by atomic mass is 19.1. The standard InChI is InChI=1S/C23H22FN3O3/c24-20-7-1-4-17(12-20)13-22(28)26-10-11-27-23(29)19-6-2-8-21(14-19)30-16-18-5-3-9-25-15-18/h1-9,12,14-15H,10-11,13,16H2,(H,26,28)(H,27,29). The first kappa shape index (κ1) is 21.0. The number of hydrogen-bond acceptors (Lipinski definition) is 4. The van der Waals surface area contributed by atoms with Crippen LogP contribution in [0.2, 0.25) is 0 Å². The topological polar surface area (TPSA) is 80.3 Å². The zero-order valence-electron chi connectivity index (χ0n) is 16.3. The van der Waals surface area contributed by atoms with E-state index in [4.69, 9.17) is 4.74 Å². The molecular formula is C23H22FN3O3. The van der Waals surface area contributed by atoms with Crippen LogP contribution in [0.15, 0.2) is 73.1 Å². The van der Waals surface area contributed by atoms with Crippen molar-refractivity contribution in [3.63, 3.8) is 0 Å². The average Bonchev–Trinajstić information content (AvgIpc) is 2.76. The molecule has 0 aliphatic carbocycles. The predicted octanol–water partition coefficient (Wildman–Crippen LogP) is 2.89. The maximum absolute atomic E-state index is 13.1. The molecule has 0 radical (unpaired) electrons. The number of nitrogens with one attached hydrogen (secondary N) is 2. The Bertz CT molecular complexity index is 996. The summed E-state index contributed by atoms with van der Waals surface area (Å²) < 4.78 is 18.8. The maximum atomic E-state index is 13.1. The Morgan fingerprint density at radius 3 is 2.53 bits per heavy atom. The number of hydrogen-bond donors (Lipinski definition) is 2. The Hall–Kier alpha value is -3.74. The fourth-order valence-corrected chi connectivity index (χ4v) is 2.75. The number of nitrogens with zero attached hydrogens (tertiary/aromatic N) is 1. The maximum Gasteiger partial charge on any atom is 0.251 e. The molecule has 30 heavy (non-hydrogen) atoms. The van der Waals surface area contributed by atoms with E-state index in [9.17, 15) is 14.0 Å². The molecule has 0 aliphatic rings. The summed E-state index contributed by atoms with van der Waals surface area (Å²) in [5.74, 6) is -0.295. The molecule has 7 heteroatoms. The van der Waals surface area contributed by atoms with Crippen molar-refractivity contribution in [3.05, 3.63) is 95.6 Å². The first-order valence-electron chi connectivity index (χ1n) is 9.51. The Labute approximate surface area is 174 Å². The largest absolute Gasteiger partial charge is 0.489 e. The minimum Gasteiger partial charge on any atom is -0.489 e. The van der Waals surface area contributed by atoms with Crippen LogP contribution in [0.3, 0.4) is 0 Å². The molecule has 2 amide bonds. The number of carbonyl (C=O) groups is 2. The van der Waals surface area contributed by atoms with E-state index in [1.54, 1.807) is 48.8 Å². The lowest BCUT2D eigenvalue weighted by Crippen LogP contribution is -2.35. The van der Waals surface area contributed by atoms with Gasteiger partial charge in [0.05, 0.1) is 6.42 Å². The van der Waals surface area contributed by atoms with Gasteiger partial charge in [0.15, 0.2) is 0 Å². The smallest absolute Gasteiger partial charge is 0.251 e. The van der Waals surface area contributed by atoms with E-state index in [1.165, 1.54) is 12.1 Å². The summed E-state index contributed by atoms with van der Waals surface area (Å²) in [5.41, 5.74) is 1.99. The van der Waals surface area contributed by atoms with Crippen LogP contribution < -0.4 is 15.4 Å². The molecule has 1 aromatic heterocycles. The first-order valence-corrected chi connectivity index (χ1v) is 9.51. The summed E-state index contributed by atoms with van der Waals surface area (Å²) in [6.45, 7) is 0.905. The second kappa shape index (κ2) is 10.7. The van der Waals surface area contributed by atoms with Gasteiger partial charge in [0.25, 0.3) is 5.91 Å². The van der Waals surface area contributed by atoms with Crippen LogP contribution in [0, 0.1) is 5.82 Å². The second-order valence-electron chi connectivity index (χ2n) is 6.59. The number of benzene rings is 2. The third-order valence-electron chi connectivity index (χ3n) is 4.21. The number of aromatic nitrogens is 1. The van der Waals surface area contributed by atoms with Gasteiger partial charge in [-0.1, -0.05) is 24.3 Å². The normalized spacial score (nSPS) is 10.3. The molecule has 0 bridgehead atoms. The van der Waals surface area contributed by atoms with Gasteiger partial charge in [0.2, 0.25) is 5.91 Å². The van der Waals surface area contributed by atoms with Gasteiger partial charge in [-0.3, -0.25) is 14.6 Å². The van der Waals surface area contributed by atoms with Crippen molar-refractivity contribution in [2.24, 2.45) is 0 Å². The molecule has 154 valence electrons. The van der Waals surface area contributed by atoms with Crippen LogP contribution in [0.4, 0.5) is 4.39 Å². The molecular weight excluding hydrogens is 385 g/mol. The lowest BCUT2D eigenvalue weighted by molar-refractivity contribution is -0.120. The summed E-state index contributed by atoms with van der Waals surface area (Å²) >= 11 is 0. The van der Waals surface area contributed by atoms with Gasteiger partial charge in [0, 0.05) is 36.6 Å². The Kier molecular flexibility index (Phi) is 7.49. The molecule has 2 N–H and O–H groups in total. The van der Waals surface area contributed by atoms with E-state index >= 15 is 0 Å². The van der Waals surface area contributed by atoms with Crippen molar-refractivity contribution in [3.8, 4) is 5.75 Å². The van der Waals surface area contributed by atoms with Crippen molar-refractivity contribution >= 4 is 11.8 Å². The first-order chi connectivity index (χ1) is 14.6. The highest BCUT2D eigenvalue weighted by Gasteiger charge is 2.08. The number of halogens is 1. The molecule has 3 aromatic rings. The van der Waals surface area contributed by atoms with Gasteiger partial charge in [-0.15, -0.1) is 0 Å². The second-order valence-corrected chi connectivity index (χ2v) is 6.59. The highest BCUT2D eigenvalue weighted by molar-refractivity contribution is 5.94. The van der Waals surface area contributed by atoms with Crippen molar-refractivity contribution < 1.29 is 18.7 Å². The number of pyridine rings is 1. The summed E-state index contributed by atoms with van der Waals surface area (Å²) in [7, 11) is 0. The average molecular weight is 407 g/mol. The van der Waals surface area contributed by atoms with Crippen molar-refractivity contribution in [1.29, 1.82) is 0 Å². The van der Waals surface area contributed by atoms with E-state index in [0.29, 0.717) is 23.5 Å². The number of amides is 2. The zero-order valence-corrected chi connectivity index (χ0v) is 16.3. The zero-order chi connectivity index (χ0) is 21.2. The lowest BCUT2D eigenvalue weighted by Gasteiger charge is -2.09. The van der Waals surface area contributed by atoms with Gasteiger partial charge in [-0.05, 0) is 42.0 Å². The third kappa shape index (κ3) is 6.70. The van der Waals surface area contributed by atoms with E-state index < -0.39 is 0 Å². The van der Waals surface area contributed by atoms with Crippen LogP contribution in [-0.2, 0) is 17.8 Å². The molecule has 0 saturated carbocycles. The van der Waals surface area contributed by atoms with Gasteiger partial charge in [-0.25, -0.2) is 4.39 Å². The van der Waals surface area contributed by atoms with Crippen molar-refractivity contribution in [2.45, 2.75) is 13.0 Å². The van der Waals surface area contributed by atoms with Crippen LogP contribution in [0.1, 0.15) is 21.5 Å². The summed E-state index contributed by atoms with van der Waals surface area (Å²) in [5, 5.41) is 5.45. The van der Waals surface area contributed by atoms with Crippen molar-refractivity contribution in [2.75, 3.05) is 13.1 Å². The molecule has 0 atom stereocenters. The molecule has 6 nitrogen and oxygen atoms in total. The lowest BCUT2D eigenvalue weighted by atomic mass is 10.1. The van der Waals surface area contributed by atoms with Crippen LogP contribution in [-0.4, -0.2) is 29.9 Å². The quantitative estimate of drug-likeness (QED) is 0.535. The molecule has 0 spiro atoms. The van der Waals surface area contributed by atoms with Crippen LogP contribution in [0.25, 0.3) is 0 Å². The third-order valence-corrected chi connectivity index (χ3v) is 4.21. The van der Waals surface area contributed by atoms with Gasteiger partial charge < -0.3 is 15.4 Å². The van der Waals surface area contributed by atoms with Crippen LogP contribution in [0.5, 0.6) is 5.75 Å². The van der Waals surface area contributed by atoms with E-state index in [2.05, 4.69) is 15.6 Å².